The molecule has 0 aromatic heterocycles. The second kappa shape index (κ2) is 11.2. The Hall–Kier alpha value is -0.780. The van der Waals surface area contributed by atoms with Crippen molar-refractivity contribution in [2.45, 2.75) is 0 Å². The number of aldehydes is 2. The fraction of sp³-hybridized carbons (Fsp3) is 0.750. The average molecular weight is 188 g/mol. The van der Waals surface area contributed by atoms with Gasteiger partial charge in [0.25, 0.3) is 0 Å². The van der Waals surface area contributed by atoms with Gasteiger partial charge in [0.2, 0.25) is 0 Å². The lowest BCUT2D eigenvalue weighted by atomic mass is 10.6. The molecule has 0 unspecified atom stereocenters. The average Bonchev–Trinajstić information content (AvgIpc) is 2.16. The highest BCUT2D eigenvalue weighted by atomic mass is 16.5. The Morgan fingerprint density at radius 3 is 1.77 bits per heavy atom. The zero-order chi connectivity index (χ0) is 9.78. The van der Waals surface area contributed by atoms with Gasteiger partial charge >= 0.3 is 0 Å². The van der Waals surface area contributed by atoms with Crippen LogP contribution in [-0.4, -0.2) is 52.0 Å². The van der Waals surface area contributed by atoms with Gasteiger partial charge in [-0.3, -0.25) is 0 Å². The minimum atomic E-state index is 0.368. The van der Waals surface area contributed by atoms with Crippen LogP contribution in [-0.2, 0) is 14.3 Å². The first-order valence-corrected chi connectivity index (χ1v) is 4.28. The van der Waals surface area contributed by atoms with Gasteiger partial charge in [0.15, 0.2) is 0 Å². The number of ether oxygens (including phenoxy) is 1. The minimum Gasteiger partial charge on any atom is -0.379 e. The normalized spacial score (nSPS) is 9.85. The summed E-state index contributed by atoms with van der Waals surface area (Å²) in [5.41, 5.74) is 0. The Kier molecular flexibility index (Phi) is 10.5. The molecular formula is C8H16N2O3. The van der Waals surface area contributed by atoms with Crippen LogP contribution in [0.15, 0.2) is 0 Å². The summed E-state index contributed by atoms with van der Waals surface area (Å²) in [4.78, 5) is 19.7. The van der Waals surface area contributed by atoms with Crippen LogP contribution in [0.2, 0.25) is 0 Å². The molecule has 0 aromatic carbocycles. The second-order valence-corrected chi connectivity index (χ2v) is 2.35. The highest BCUT2D eigenvalue weighted by Crippen LogP contribution is 1.71. The predicted molar refractivity (Wildman–Crippen MR) is 48.7 cm³/mol. The van der Waals surface area contributed by atoms with Gasteiger partial charge in [-0.1, -0.05) is 0 Å². The van der Waals surface area contributed by atoms with Gasteiger partial charge in [0, 0.05) is 13.1 Å². The summed E-state index contributed by atoms with van der Waals surface area (Å²) in [7, 11) is 0. The molecule has 5 nitrogen and oxygen atoms in total. The second-order valence-electron chi connectivity index (χ2n) is 2.35. The maximum atomic E-state index is 9.87. The van der Waals surface area contributed by atoms with E-state index in [-0.39, 0.29) is 0 Å². The fourth-order valence-electron chi connectivity index (χ4n) is 0.713. The number of hydrogen-bond donors (Lipinski definition) is 2. The van der Waals surface area contributed by atoms with E-state index in [4.69, 9.17) is 4.74 Å². The van der Waals surface area contributed by atoms with E-state index in [9.17, 15) is 9.59 Å². The molecule has 5 heteroatoms. The molecule has 0 spiro atoms. The van der Waals surface area contributed by atoms with Crippen molar-refractivity contribution < 1.29 is 14.3 Å². The van der Waals surface area contributed by atoms with Crippen molar-refractivity contribution in [1.82, 2.24) is 10.6 Å². The zero-order valence-corrected chi connectivity index (χ0v) is 7.62. The summed E-state index contributed by atoms with van der Waals surface area (Å²) in [5.74, 6) is 0. The fourth-order valence-corrected chi connectivity index (χ4v) is 0.713. The van der Waals surface area contributed by atoms with Crippen LogP contribution < -0.4 is 10.6 Å². The molecule has 0 aliphatic rings. The maximum absolute atomic E-state index is 9.87. The lowest BCUT2D eigenvalue weighted by Crippen LogP contribution is -2.25. The van der Waals surface area contributed by atoms with Crippen LogP contribution in [0.4, 0.5) is 0 Å². The molecule has 0 radical (unpaired) electrons. The number of carbonyl (C=O) groups excluding carboxylic acids is 2. The molecular weight excluding hydrogens is 172 g/mol. The Bertz CT molecular complexity index is 117. The van der Waals surface area contributed by atoms with E-state index in [1.165, 1.54) is 0 Å². The molecule has 0 bridgehead atoms. The van der Waals surface area contributed by atoms with E-state index in [0.717, 1.165) is 12.6 Å². The van der Waals surface area contributed by atoms with Gasteiger partial charge in [-0.25, -0.2) is 0 Å². The van der Waals surface area contributed by atoms with Gasteiger partial charge < -0.3 is 25.0 Å². The molecule has 0 rings (SSSR count). The summed E-state index contributed by atoms with van der Waals surface area (Å²) in [6.07, 6.45) is 1.62. The van der Waals surface area contributed by atoms with Gasteiger partial charge in [-0.15, -0.1) is 0 Å². The van der Waals surface area contributed by atoms with Crippen LogP contribution in [0.3, 0.4) is 0 Å². The van der Waals surface area contributed by atoms with E-state index >= 15 is 0 Å². The molecule has 76 valence electrons. The third-order valence-electron chi connectivity index (χ3n) is 1.30. The van der Waals surface area contributed by atoms with Crippen LogP contribution in [0, 0.1) is 0 Å². The zero-order valence-electron chi connectivity index (χ0n) is 7.62. The molecule has 0 aliphatic heterocycles. The Balaban J connectivity index is 2.83. The lowest BCUT2D eigenvalue weighted by Gasteiger charge is -2.03. The number of carbonyl (C=O) groups is 2. The van der Waals surface area contributed by atoms with Crippen molar-refractivity contribution >= 4 is 12.6 Å². The first kappa shape index (κ1) is 12.2. The van der Waals surface area contributed by atoms with E-state index in [2.05, 4.69) is 10.6 Å². The summed E-state index contributed by atoms with van der Waals surface area (Å²) >= 11 is 0. The van der Waals surface area contributed by atoms with Gasteiger partial charge in [-0.05, 0) is 0 Å². The smallest absolute Gasteiger partial charge is 0.133 e. The number of nitrogens with one attached hydrogen (secondary N) is 2. The van der Waals surface area contributed by atoms with Gasteiger partial charge in [0.1, 0.15) is 12.6 Å². The minimum absolute atomic E-state index is 0.368. The van der Waals surface area contributed by atoms with Crippen molar-refractivity contribution in [3.63, 3.8) is 0 Å². The summed E-state index contributed by atoms with van der Waals surface area (Å²) in [6.45, 7) is 3.24. The largest absolute Gasteiger partial charge is 0.379 e. The molecule has 0 amide bonds. The molecule has 0 fully saturated rings. The summed E-state index contributed by atoms with van der Waals surface area (Å²) < 4.78 is 5.17. The van der Waals surface area contributed by atoms with Crippen LogP contribution in [0.1, 0.15) is 0 Å². The highest BCUT2D eigenvalue weighted by molar-refractivity contribution is 5.52. The molecule has 0 saturated carbocycles. The van der Waals surface area contributed by atoms with Crippen LogP contribution >= 0.6 is 0 Å². The SMILES string of the molecule is O=CCNCCOCCNCC=O. The summed E-state index contributed by atoms with van der Waals surface area (Å²) in [5, 5.41) is 5.73. The molecule has 13 heavy (non-hydrogen) atoms. The first-order valence-electron chi connectivity index (χ1n) is 4.28. The van der Waals surface area contributed by atoms with E-state index < -0.39 is 0 Å². The predicted octanol–water partition coefficient (Wildman–Crippen LogP) is -1.42. The van der Waals surface area contributed by atoms with Crippen molar-refractivity contribution in [1.29, 1.82) is 0 Å². The first-order chi connectivity index (χ1) is 6.41. The molecule has 0 saturated heterocycles. The monoisotopic (exact) mass is 188 g/mol. The molecule has 0 heterocycles. The van der Waals surface area contributed by atoms with E-state index in [1.807, 2.05) is 0 Å². The maximum Gasteiger partial charge on any atom is 0.133 e. The van der Waals surface area contributed by atoms with E-state index in [0.29, 0.717) is 39.4 Å². The Labute approximate surface area is 77.8 Å². The third-order valence-corrected chi connectivity index (χ3v) is 1.30. The van der Waals surface area contributed by atoms with Crippen molar-refractivity contribution in [2.24, 2.45) is 0 Å². The lowest BCUT2D eigenvalue weighted by molar-refractivity contribution is -0.107. The van der Waals surface area contributed by atoms with Crippen molar-refractivity contribution in [2.75, 3.05) is 39.4 Å². The van der Waals surface area contributed by atoms with Crippen molar-refractivity contribution in [3.8, 4) is 0 Å². The highest BCUT2D eigenvalue weighted by Gasteiger charge is 1.88. The quantitative estimate of drug-likeness (QED) is 0.325. The molecule has 2 N–H and O–H groups in total. The Morgan fingerprint density at radius 2 is 1.38 bits per heavy atom. The molecule has 0 atom stereocenters. The molecule has 0 aliphatic carbocycles. The van der Waals surface area contributed by atoms with Gasteiger partial charge in [-0.2, -0.15) is 0 Å². The topological polar surface area (TPSA) is 67.4 Å². The van der Waals surface area contributed by atoms with E-state index in [1.54, 1.807) is 0 Å². The molecule has 0 aromatic rings. The van der Waals surface area contributed by atoms with Crippen LogP contribution in [0.5, 0.6) is 0 Å². The van der Waals surface area contributed by atoms with Gasteiger partial charge in [0.05, 0.1) is 26.3 Å². The third kappa shape index (κ3) is 11.2. The van der Waals surface area contributed by atoms with Crippen molar-refractivity contribution in [3.05, 3.63) is 0 Å². The van der Waals surface area contributed by atoms with Crippen LogP contribution in [0.25, 0.3) is 0 Å². The number of hydrogen-bond acceptors (Lipinski definition) is 5. The Morgan fingerprint density at radius 1 is 0.923 bits per heavy atom. The summed E-state index contributed by atoms with van der Waals surface area (Å²) in [6, 6.07) is 0. The number of rotatable bonds is 10. The standard InChI is InChI=1S/C8H16N2O3/c11-5-1-9-3-7-13-8-4-10-2-6-12/h5-6,9-10H,1-4,7-8H2.